The number of aromatic nitrogens is 1. The monoisotopic (exact) mass is 291 g/mol. The number of nitrogens with one attached hydrogen (secondary N) is 3. The molecule has 0 radical (unpaired) electrons. The van der Waals surface area contributed by atoms with Crippen LogP contribution >= 0.6 is 0 Å². The molecular formula is C16H25N3O2. The van der Waals surface area contributed by atoms with Gasteiger partial charge in [0.2, 0.25) is 0 Å². The summed E-state index contributed by atoms with van der Waals surface area (Å²) in [5, 5.41) is 3.35. The molecule has 5 heteroatoms. The molecule has 2 fully saturated rings. The van der Waals surface area contributed by atoms with Crippen molar-refractivity contribution in [2.24, 2.45) is 11.8 Å². The number of hydrogen-bond acceptors (Lipinski definition) is 4. The molecule has 1 saturated carbocycles. The van der Waals surface area contributed by atoms with Crippen LogP contribution in [0.4, 0.5) is 5.82 Å². The molecule has 116 valence electrons. The van der Waals surface area contributed by atoms with E-state index in [0.29, 0.717) is 18.1 Å². The Hall–Kier alpha value is -1.33. The lowest BCUT2D eigenvalue weighted by Crippen LogP contribution is -2.33. The van der Waals surface area contributed by atoms with Gasteiger partial charge in [-0.25, -0.2) is 0 Å². The van der Waals surface area contributed by atoms with E-state index in [2.05, 4.69) is 22.7 Å². The second kappa shape index (κ2) is 6.62. The van der Waals surface area contributed by atoms with Gasteiger partial charge in [-0.05, 0) is 50.9 Å². The highest BCUT2D eigenvalue weighted by Crippen LogP contribution is 2.33. The van der Waals surface area contributed by atoms with E-state index in [0.717, 1.165) is 24.7 Å². The highest BCUT2D eigenvalue weighted by molar-refractivity contribution is 5.33. The normalized spacial score (nSPS) is 33.0. The van der Waals surface area contributed by atoms with E-state index >= 15 is 0 Å². The molecule has 2 atom stereocenters. The number of hydrogen-bond donors (Lipinski definition) is 3. The predicted molar refractivity (Wildman–Crippen MR) is 83.1 cm³/mol. The summed E-state index contributed by atoms with van der Waals surface area (Å²) in [5.74, 6) is 2.27. The zero-order valence-electron chi connectivity index (χ0n) is 12.6. The van der Waals surface area contributed by atoms with Gasteiger partial charge < -0.3 is 10.3 Å². The first kappa shape index (κ1) is 14.6. The minimum atomic E-state index is 0.0429. The maximum atomic E-state index is 11.3. The van der Waals surface area contributed by atoms with Crippen molar-refractivity contribution < 1.29 is 4.84 Å². The molecule has 2 heterocycles. The van der Waals surface area contributed by atoms with Gasteiger partial charge in [0.15, 0.2) is 5.43 Å². The van der Waals surface area contributed by atoms with Gasteiger partial charge in [0.05, 0.1) is 6.10 Å². The molecule has 2 aliphatic rings. The van der Waals surface area contributed by atoms with Crippen molar-refractivity contribution in [1.82, 2.24) is 10.5 Å². The number of rotatable bonds is 4. The molecule has 0 spiro atoms. The molecule has 5 nitrogen and oxygen atoms in total. The van der Waals surface area contributed by atoms with Crippen molar-refractivity contribution >= 4 is 5.82 Å². The van der Waals surface area contributed by atoms with E-state index in [1.165, 1.54) is 31.7 Å². The molecule has 1 aromatic rings. The lowest BCUT2D eigenvalue weighted by Gasteiger charge is -2.31. The van der Waals surface area contributed by atoms with Gasteiger partial charge in [-0.2, -0.15) is 5.48 Å². The standard InChI is InChI=1S/C16H25N3O2/c1-11-8-15(19-21-11)13-4-2-12(3-5-13)10-18-16-9-14(20)6-7-17-16/h6-7,9,11-13,15,19H,2-5,8,10H2,1H3,(H2,17,18,20). The molecule has 1 aliphatic carbocycles. The van der Waals surface area contributed by atoms with E-state index in [-0.39, 0.29) is 5.43 Å². The van der Waals surface area contributed by atoms with Crippen LogP contribution in [-0.4, -0.2) is 23.7 Å². The summed E-state index contributed by atoms with van der Waals surface area (Å²) in [6, 6.07) is 3.69. The molecule has 0 amide bonds. The molecule has 3 N–H and O–H groups in total. The molecular weight excluding hydrogens is 266 g/mol. The maximum Gasteiger partial charge on any atom is 0.183 e. The van der Waals surface area contributed by atoms with Crippen molar-refractivity contribution in [1.29, 1.82) is 0 Å². The van der Waals surface area contributed by atoms with Gasteiger partial charge >= 0.3 is 0 Å². The van der Waals surface area contributed by atoms with Gasteiger partial charge in [-0.3, -0.25) is 9.63 Å². The Balaban J connectivity index is 1.42. The number of aromatic amines is 1. The summed E-state index contributed by atoms with van der Waals surface area (Å²) in [5.41, 5.74) is 3.24. The fourth-order valence-electron chi connectivity index (χ4n) is 3.54. The molecule has 3 rings (SSSR count). The van der Waals surface area contributed by atoms with Crippen LogP contribution < -0.4 is 16.2 Å². The Morgan fingerprint density at radius 3 is 2.81 bits per heavy atom. The number of H-pyrrole nitrogens is 1. The van der Waals surface area contributed by atoms with Crippen LogP contribution in [0.1, 0.15) is 39.0 Å². The summed E-state index contributed by atoms with van der Waals surface area (Å²) in [4.78, 5) is 19.8. The predicted octanol–water partition coefficient (Wildman–Crippen LogP) is 2.28. The molecule has 2 unspecified atom stereocenters. The molecule has 21 heavy (non-hydrogen) atoms. The second-order valence-electron chi connectivity index (χ2n) is 6.49. The highest BCUT2D eigenvalue weighted by atomic mass is 16.7. The van der Waals surface area contributed by atoms with Gasteiger partial charge in [0.1, 0.15) is 5.82 Å². The van der Waals surface area contributed by atoms with Gasteiger partial charge in [0.25, 0.3) is 0 Å². The fraction of sp³-hybridized carbons (Fsp3) is 0.688. The average Bonchev–Trinajstić information content (AvgIpc) is 2.92. The van der Waals surface area contributed by atoms with Crippen LogP contribution in [-0.2, 0) is 4.84 Å². The van der Waals surface area contributed by atoms with Crippen LogP contribution in [0.25, 0.3) is 0 Å². The first-order chi connectivity index (χ1) is 10.2. The van der Waals surface area contributed by atoms with Crippen LogP contribution in [0.3, 0.4) is 0 Å². The fourth-order valence-corrected chi connectivity index (χ4v) is 3.54. The number of hydroxylamine groups is 1. The zero-order chi connectivity index (χ0) is 14.7. The molecule has 1 saturated heterocycles. The molecule has 1 aromatic heterocycles. The van der Waals surface area contributed by atoms with Gasteiger partial charge in [0, 0.05) is 30.9 Å². The van der Waals surface area contributed by atoms with E-state index < -0.39 is 0 Å². The summed E-state index contributed by atoms with van der Waals surface area (Å²) in [7, 11) is 0. The Kier molecular flexibility index (Phi) is 4.60. The Labute approximate surface area is 125 Å². The first-order valence-corrected chi connectivity index (χ1v) is 8.04. The van der Waals surface area contributed by atoms with E-state index in [1.807, 2.05) is 0 Å². The first-order valence-electron chi connectivity index (χ1n) is 8.04. The van der Waals surface area contributed by atoms with Gasteiger partial charge in [-0.1, -0.05) is 0 Å². The van der Waals surface area contributed by atoms with Crippen molar-refractivity contribution in [3.05, 3.63) is 28.6 Å². The lowest BCUT2D eigenvalue weighted by atomic mass is 9.77. The van der Waals surface area contributed by atoms with E-state index in [4.69, 9.17) is 4.84 Å². The lowest BCUT2D eigenvalue weighted by molar-refractivity contribution is 0.0271. The van der Waals surface area contributed by atoms with Gasteiger partial charge in [-0.15, -0.1) is 0 Å². The Morgan fingerprint density at radius 1 is 1.33 bits per heavy atom. The summed E-state index contributed by atoms with van der Waals surface area (Å²) < 4.78 is 0. The van der Waals surface area contributed by atoms with Crippen LogP contribution in [0.15, 0.2) is 23.1 Å². The topological polar surface area (TPSA) is 66.2 Å². The zero-order valence-corrected chi connectivity index (χ0v) is 12.6. The Bertz CT molecular complexity index is 508. The summed E-state index contributed by atoms with van der Waals surface area (Å²) in [6.45, 7) is 3.07. The maximum absolute atomic E-state index is 11.3. The molecule has 1 aliphatic heterocycles. The van der Waals surface area contributed by atoms with Crippen LogP contribution in [0.2, 0.25) is 0 Å². The molecule has 0 bridgehead atoms. The Morgan fingerprint density at radius 2 is 2.14 bits per heavy atom. The SMILES string of the molecule is CC1CC(C2CCC(CNc3cc(=O)cc[nH]3)CC2)NO1. The second-order valence-corrected chi connectivity index (χ2v) is 6.49. The van der Waals surface area contributed by atoms with E-state index in [9.17, 15) is 4.79 Å². The largest absolute Gasteiger partial charge is 0.371 e. The minimum Gasteiger partial charge on any atom is -0.371 e. The quantitative estimate of drug-likeness (QED) is 0.796. The third-order valence-corrected chi connectivity index (χ3v) is 4.82. The van der Waals surface area contributed by atoms with Crippen molar-refractivity contribution in [3.63, 3.8) is 0 Å². The minimum absolute atomic E-state index is 0.0429. The molecule has 0 aromatic carbocycles. The van der Waals surface area contributed by atoms with Crippen molar-refractivity contribution in [2.75, 3.05) is 11.9 Å². The summed E-state index contributed by atoms with van der Waals surface area (Å²) in [6.07, 6.45) is 8.22. The smallest absolute Gasteiger partial charge is 0.183 e. The number of anilines is 1. The average molecular weight is 291 g/mol. The van der Waals surface area contributed by atoms with Crippen molar-refractivity contribution in [2.45, 2.75) is 51.2 Å². The third-order valence-electron chi connectivity index (χ3n) is 4.82. The number of pyridine rings is 1. The van der Waals surface area contributed by atoms with Crippen LogP contribution in [0, 0.1) is 11.8 Å². The summed E-state index contributed by atoms with van der Waals surface area (Å²) >= 11 is 0. The van der Waals surface area contributed by atoms with E-state index in [1.54, 1.807) is 12.3 Å². The highest BCUT2D eigenvalue weighted by Gasteiger charge is 2.32. The van der Waals surface area contributed by atoms with Crippen LogP contribution in [0.5, 0.6) is 0 Å². The third kappa shape index (κ3) is 3.86. The van der Waals surface area contributed by atoms with Crippen molar-refractivity contribution in [3.8, 4) is 0 Å².